The fourth-order valence-corrected chi connectivity index (χ4v) is 15.9. The lowest BCUT2D eigenvalue weighted by atomic mass is 9.71. The summed E-state index contributed by atoms with van der Waals surface area (Å²) in [6.45, 7) is 31.6. The first-order valence-electron chi connectivity index (χ1n) is 39.9. The molecular weight excluding hydrogens is 1330 g/mol. The molecule has 1 aliphatic carbocycles. The molecule has 0 aromatic heterocycles. The number of rotatable bonds is 11. The third kappa shape index (κ3) is 19.9. The van der Waals surface area contributed by atoms with E-state index in [9.17, 15) is 0 Å². The van der Waals surface area contributed by atoms with Crippen LogP contribution in [0.25, 0.3) is 111 Å². The van der Waals surface area contributed by atoms with Gasteiger partial charge in [0.1, 0.15) is 0 Å². The largest absolute Gasteiger partial charge is 0.0622 e. The van der Waals surface area contributed by atoms with Crippen LogP contribution >= 0.6 is 0 Å². The van der Waals surface area contributed by atoms with Gasteiger partial charge in [-0.1, -0.05) is 374 Å². The quantitative estimate of drug-likeness (QED) is 0.121. The van der Waals surface area contributed by atoms with Crippen molar-refractivity contribution in [3.8, 4) is 111 Å². The summed E-state index contributed by atoms with van der Waals surface area (Å²) in [5.41, 5.74) is 41.9. The van der Waals surface area contributed by atoms with Crippen molar-refractivity contribution in [2.75, 3.05) is 0 Å². The zero-order valence-electron chi connectivity index (χ0n) is 68.0. The maximum Gasteiger partial charge on any atom is -0.0123 e. The Morgan fingerprint density at radius 2 is 0.495 bits per heavy atom. The summed E-state index contributed by atoms with van der Waals surface area (Å²) in [4.78, 5) is 0. The summed E-state index contributed by atoms with van der Waals surface area (Å²) in [6, 6.07) is 128. The summed E-state index contributed by atoms with van der Waals surface area (Å²) >= 11 is 0. The molecular formula is C111H110. The van der Waals surface area contributed by atoms with E-state index in [4.69, 9.17) is 0 Å². The van der Waals surface area contributed by atoms with E-state index in [1.54, 1.807) is 5.56 Å². The van der Waals surface area contributed by atoms with Crippen LogP contribution in [-0.2, 0) is 5.41 Å². The molecule has 1 fully saturated rings. The first-order chi connectivity index (χ1) is 53.7. The van der Waals surface area contributed by atoms with E-state index in [0.717, 1.165) is 5.92 Å². The molecule has 0 bridgehead atoms. The molecule has 15 aromatic carbocycles. The van der Waals surface area contributed by atoms with Gasteiger partial charge < -0.3 is 0 Å². The summed E-state index contributed by atoms with van der Waals surface area (Å²) in [7, 11) is 0. The fraction of sp³-hybridized carbons (Fsp3) is 0.189. The van der Waals surface area contributed by atoms with Crippen LogP contribution in [0.1, 0.15) is 127 Å². The lowest BCUT2D eigenvalue weighted by molar-refractivity contribution is 0.224. The Hall–Kier alpha value is -11.7. The maximum absolute atomic E-state index is 2.48. The minimum Gasteiger partial charge on any atom is -0.0622 e. The van der Waals surface area contributed by atoms with Crippen molar-refractivity contribution in [2.45, 2.75) is 134 Å². The summed E-state index contributed by atoms with van der Waals surface area (Å²) in [6.07, 6.45) is 5.37. The molecule has 554 valence electrons. The van der Waals surface area contributed by atoms with Gasteiger partial charge >= 0.3 is 0 Å². The highest BCUT2D eigenvalue weighted by Gasteiger charge is 2.28. The molecule has 15 aromatic rings. The van der Waals surface area contributed by atoms with Crippen LogP contribution in [0.3, 0.4) is 0 Å². The highest BCUT2D eigenvalue weighted by atomic mass is 14.3. The van der Waals surface area contributed by atoms with Gasteiger partial charge in [-0.2, -0.15) is 0 Å². The van der Waals surface area contributed by atoms with Crippen molar-refractivity contribution in [1.29, 1.82) is 0 Å². The van der Waals surface area contributed by atoms with E-state index in [1.165, 1.54) is 193 Å². The van der Waals surface area contributed by atoms with Gasteiger partial charge in [0.25, 0.3) is 0 Å². The Morgan fingerprint density at radius 3 is 0.838 bits per heavy atom. The van der Waals surface area contributed by atoms with Gasteiger partial charge in [0.15, 0.2) is 0 Å². The van der Waals surface area contributed by atoms with Crippen LogP contribution in [0.15, 0.2) is 358 Å². The van der Waals surface area contributed by atoms with Crippen molar-refractivity contribution in [2.24, 2.45) is 5.41 Å². The molecule has 0 saturated heterocycles. The van der Waals surface area contributed by atoms with E-state index in [2.05, 4.69) is 455 Å². The van der Waals surface area contributed by atoms with Crippen molar-refractivity contribution in [3.63, 3.8) is 0 Å². The van der Waals surface area contributed by atoms with Gasteiger partial charge in [-0.25, -0.2) is 0 Å². The minimum atomic E-state index is 0.126. The van der Waals surface area contributed by atoms with Gasteiger partial charge in [-0.3, -0.25) is 0 Å². The Labute approximate surface area is 665 Å². The van der Waals surface area contributed by atoms with Crippen molar-refractivity contribution < 1.29 is 0 Å². The number of hydrogen-bond donors (Lipinski definition) is 0. The number of aryl methyl sites for hydroxylation is 6. The second-order valence-corrected chi connectivity index (χ2v) is 32.1. The third-order valence-electron chi connectivity index (χ3n) is 22.5. The summed E-state index contributed by atoms with van der Waals surface area (Å²) < 4.78 is 0. The number of hydrogen-bond acceptors (Lipinski definition) is 0. The average Bonchev–Trinajstić information content (AvgIpc) is 0.796. The van der Waals surface area contributed by atoms with Crippen molar-refractivity contribution >= 4 is 0 Å². The summed E-state index contributed by atoms with van der Waals surface area (Å²) in [5, 5.41) is 0. The molecule has 16 rings (SSSR count). The Bertz CT molecular complexity index is 5280. The predicted molar refractivity (Wildman–Crippen MR) is 483 cm³/mol. The van der Waals surface area contributed by atoms with Crippen LogP contribution in [0.4, 0.5) is 0 Å². The zero-order chi connectivity index (χ0) is 78.0. The zero-order valence-corrected chi connectivity index (χ0v) is 68.0. The van der Waals surface area contributed by atoms with Gasteiger partial charge in [0.05, 0.1) is 0 Å². The molecule has 0 unspecified atom stereocenters. The molecule has 0 aliphatic heterocycles. The van der Waals surface area contributed by atoms with E-state index in [0.29, 0.717) is 5.41 Å². The van der Waals surface area contributed by atoms with E-state index >= 15 is 0 Å². The predicted octanol–water partition coefficient (Wildman–Crippen LogP) is 31.9. The Balaban J connectivity index is 0.000000129. The molecule has 111 heavy (non-hydrogen) atoms. The maximum atomic E-state index is 2.48. The molecule has 1 saturated carbocycles. The smallest absolute Gasteiger partial charge is 0.0123 e. The monoisotopic (exact) mass is 1440 g/mol. The normalized spacial score (nSPS) is 12.3. The molecule has 1 aliphatic rings. The van der Waals surface area contributed by atoms with Crippen LogP contribution in [0.5, 0.6) is 0 Å². The SMILES string of the molecule is Cc1c(-c2ccccc2)cc(-c2ccccc2)cc1-c1ccccc1.Cc1c(-c2ccccc2)cc(C(C)(C)C)cc1-c1ccccc1.Cc1c(-c2ccccc2)cccc1-c1ccccc1.Cc1ccc(-c2ccccc2)cc1-c1c(C)cccc1C.Cc1ccc(C2CCC(C)(C)CC2)cc1-c1c(C)cccc1C. The van der Waals surface area contributed by atoms with Crippen molar-refractivity contribution in [3.05, 3.63) is 419 Å². The molecule has 0 heteroatoms. The second-order valence-electron chi connectivity index (χ2n) is 32.1. The van der Waals surface area contributed by atoms with Crippen LogP contribution in [0.2, 0.25) is 0 Å². The Kier molecular flexibility index (Phi) is 26.1. The molecule has 0 radical (unpaired) electrons. The lowest BCUT2D eigenvalue weighted by Gasteiger charge is -2.34. The molecule has 0 heterocycles. The molecule has 0 atom stereocenters. The summed E-state index contributed by atoms with van der Waals surface area (Å²) in [5.74, 6) is 0.742. The number of benzene rings is 15. The Morgan fingerprint density at radius 1 is 0.225 bits per heavy atom. The lowest BCUT2D eigenvalue weighted by Crippen LogP contribution is -2.20. The van der Waals surface area contributed by atoms with Gasteiger partial charge in [-0.05, 0) is 295 Å². The fourth-order valence-electron chi connectivity index (χ4n) is 15.9. The van der Waals surface area contributed by atoms with Gasteiger partial charge in [0.2, 0.25) is 0 Å². The standard InChI is InChI=1S/C25H20.C23H30.C23H24.C21H20.C19H16/c1-19-24(21-13-7-3-8-14-21)17-23(20-11-5-2-6-12-20)18-25(19)22-15-9-4-10-16-22;1-16-9-10-20(19-11-13-23(4,5)14-12-19)15-21(16)22-17(2)7-6-8-18(22)3;1-17-21(18-11-7-5-8-12-18)15-20(23(2,3)4)16-22(17)19-13-9-6-10-14-19;1-15-12-13-19(18-10-5-4-6-11-18)14-20(15)21-16(2)8-7-9-17(21)3;1-15-18(16-9-4-2-5-10-16)13-8-14-19(15)17-11-6-3-7-12-17/h2-18H,1H3;6-10,15,19H,11-14H2,1-5H3;5-16H,1-4H3;4-14H,1-3H3;2-14H,1H3. The molecule has 0 spiro atoms. The van der Waals surface area contributed by atoms with Crippen LogP contribution < -0.4 is 0 Å². The highest BCUT2D eigenvalue weighted by molar-refractivity contribution is 5.86. The molecule has 0 nitrogen and oxygen atoms in total. The average molecular weight is 1440 g/mol. The van der Waals surface area contributed by atoms with Gasteiger partial charge in [-0.15, -0.1) is 0 Å². The van der Waals surface area contributed by atoms with Gasteiger partial charge in [0, 0.05) is 0 Å². The second kappa shape index (κ2) is 36.7. The van der Waals surface area contributed by atoms with E-state index in [-0.39, 0.29) is 5.41 Å². The first kappa shape index (κ1) is 78.9. The van der Waals surface area contributed by atoms with E-state index < -0.39 is 0 Å². The van der Waals surface area contributed by atoms with E-state index in [1.807, 2.05) is 0 Å². The molecule has 0 amide bonds. The molecule has 0 N–H and O–H groups in total. The van der Waals surface area contributed by atoms with Crippen LogP contribution in [-0.4, -0.2) is 0 Å². The van der Waals surface area contributed by atoms with Crippen molar-refractivity contribution in [1.82, 2.24) is 0 Å². The first-order valence-corrected chi connectivity index (χ1v) is 39.9. The topological polar surface area (TPSA) is 0 Å². The third-order valence-corrected chi connectivity index (χ3v) is 22.5. The minimum absolute atomic E-state index is 0.126. The van der Waals surface area contributed by atoms with Crippen LogP contribution in [0, 0.1) is 67.7 Å². The highest BCUT2D eigenvalue weighted by Crippen LogP contribution is 2.45.